The zero-order valence-corrected chi connectivity index (χ0v) is 16.6. The Labute approximate surface area is 159 Å². The average Bonchev–Trinajstić information content (AvgIpc) is 2.66. The Hall–Kier alpha value is -2.58. The first-order chi connectivity index (χ1) is 12.7. The van der Waals surface area contributed by atoms with Gasteiger partial charge < -0.3 is 14.4 Å². The van der Waals surface area contributed by atoms with Gasteiger partial charge in [-0.05, 0) is 42.3 Å². The van der Waals surface area contributed by atoms with Crippen LogP contribution in [0.1, 0.15) is 24.1 Å². The highest BCUT2D eigenvalue weighted by molar-refractivity contribution is 7.89. The van der Waals surface area contributed by atoms with E-state index in [1.165, 1.54) is 12.1 Å². The van der Waals surface area contributed by atoms with E-state index in [4.69, 9.17) is 14.6 Å². The van der Waals surface area contributed by atoms with Crippen LogP contribution >= 0.6 is 0 Å². The molecular formula is C19H24N2O5S. The van der Waals surface area contributed by atoms with Crippen molar-refractivity contribution in [3.8, 4) is 11.5 Å². The molecule has 0 saturated heterocycles. The molecule has 0 spiro atoms. The number of amides is 1. The fraction of sp³-hybridized carbons (Fsp3) is 0.316. The number of rotatable bonds is 7. The predicted molar refractivity (Wildman–Crippen MR) is 102 cm³/mol. The molecule has 0 saturated carbocycles. The van der Waals surface area contributed by atoms with Gasteiger partial charge in [-0.25, -0.2) is 13.6 Å². The third-order valence-corrected chi connectivity index (χ3v) is 5.40. The number of carbonyl (C=O) groups is 1. The van der Waals surface area contributed by atoms with Crippen LogP contribution in [0.5, 0.6) is 11.5 Å². The van der Waals surface area contributed by atoms with Crippen LogP contribution in [0.3, 0.4) is 0 Å². The molecule has 0 fully saturated rings. The largest absolute Gasteiger partial charge is 0.493 e. The standard InChI is InChI=1S/C19H24N2O5S/c1-13(15-6-8-16(9-7-15)27(20,23)24)21(2)19(22)12-14-5-10-17(25-3)18(11-14)26-4/h5-11,13H,12H2,1-4H3,(H2,20,23,24). The van der Waals surface area contributed by atoms with Crippen LogP contribution in [0.25, 0.3) is 0 Å². The Balaban J connectivity index is 2.12. The van der Waals surface area contributed by atoms with E-state index in [1.54, 1.807) is 50.4 Å². The van der Waals surface area contributed by atoms with Crippen LogP contribution in [-0.2, 0) is 21.2 Å². The number of nitrogens with zero attached hydrogens (tertiary/aromatic N) is 1. The van der Waals surface area contributed by atoms with Crippen molar-refractivity contribution in [3.05, 3.63) is 53.6 Å². The molecule has 1 amide bonds. The zero-order valence-electron chi connectivity index (χ0n) is 15.8. The topological polar surface area (TPSA) is 98.9 Å². The van der Waals surface area contributed by atoms with Gasteiger partial charge in [0.15, 0.2) is 11.5 Å². The molecule has 2 N–H and O–H groups in total. The van der Waals surface area contributed by atoms with E-state index in [-0.39, 0.29) is 23.3 Å². The summed E-state index contributed by atoms with van der Waals surface area (Å²) in [5.41, 5.74) is 1.62. The highest BCUT2D eigenvalue weighted by Crippen LogP contribution is 2.28. The molecule has 0 aliphatic rings. The van der Waals surface area contributed by atoms with Gasteiger partial charge in [0.2, 0.25) is 15.9 Å². The summed E-state index contributed by atoms with van der Waals surface area (Å²) in [5.74, 6) is 1.09. The van der Waals surface area contributed by atoms with E-state index in [2.05, 4.69) is 0 Å². The van der Waals surface area contributed by atoms with E-state index < -0.39 is 10.0 Å². The van der Waals surface area contributed by atoms with Gasteiger partial charge in [0.05, 0.1) is 31.6 Å². The maximum absolute atomic E-state index is 12.6. The van der Waals surface area contributed by atoms with Crippen molar-refractivity contribution >= 4 is 15.9 Å². The second-order valence-corrected chi connectivity index (χ2v) is 7.72. The molecular weight excluding hydrogens is 368 g/mol. The molecule has 146 valence electrons. The number of carbonyl (C=O) groups excluding carboxylic acids is 1. The number of nitrogens with two attached hydrogens (primary N) is 1. The van der Waals surface area contributed by atoms with Crippen molar-refractivity contribution < 1.29 is 22.7 Å². The van der Waals surface area contributed by atoms with E-state index in [1.807, 2.05) is 13.0 Å². The van der Waals surface area contributed by atoms with Gasteiger partial charge in [0, 0.05) is 7.05 Å². The van der Waals surface area contributed by atoms with Crippen molar-refractivity contribution in [2.24, 2.45) is 5.14 Å². The summed E-state index contributed by atoms with van der Waals surface area (Å²) >= 11 is 0. The van der Waals surface area contributed by atoms with Gasteiger partial charge in [0.25, 0.3) is 0 Å². The maximum atomic E-state index is 12.6. The number of hydrogen-bond donors (Lipinski definition) is 1. The monoisotopic (exact) mass is 392 g/mol. The molecule has 2 aromatic carbocycles. The Morgan fingerprint density at radius 1 is 1.07 bits per heavy atom. The lowest BCUT2D eigenvalue weighted by atomic mass is 10.1. The molecule has 0 aromatic heterocycles. The van der Waals surface area contributed by atoms with Crippen molar-refractivity contribution in [3.63, 3.8) is 0 Å². The minimum absolute atomic E-state index is 0.0396. The van der Waals surface area contributed by atoms with Crippen molar-refractivity contribution in [1.82, 2.24) is 4.90 Å². The van der Waals surface area contributed by atoms with E-state index in [0.29, 0.717) is 11.5 Å². The van der Waals surface area contributed by atoms with Gasteiger partial charge in [0.1, 0.15) is 0 Å². The lowest BCUT2D eigenvalue weighted by molar-refractivity contribution is -0.131. The summed E-state index contributed by atoms with van der Waals surface area (Å²) in [7, 11) is 1.07. The quantitative estimate of drug-likeness (QED) is 0.778. The number of likely N-dealkylation sites (N-methyl/N-ethyl adjacent to an activating group) is 1. The molecule has 8 heteroatoms. The zero-order chi connectivity index (χ0) is 20.2. The normalized spacial score (nSPS) is 12.3. The molecule has 0 aliphatic heterocycles. The number of ether oxygens (including phenoxy) is 2. The second-order valence-electron chi connectivity index (χ2n) is 6.16. The fourth-order valence-electron chi connectivity index (χ4n) is 2.67. The Kier molecular flexibility index (Phi) is 6.45. The summed E-state index contributed by atoms with van der Waals surface area (Å²) in [4.78, 5) is 14.3. The number of sulfonamides is 1. The SMILES string of the molecule is COc1ccc(CC(=O)N(C)C(C)c2ccc(S(N)(=O)=O)cc2)cc1OC. The fourth-order valence-corrected chi connectivity index (χ4v) is 3.18. The molecule has 0 radical (unpaired) electrons. The van der Waals surface area contributed by atoms with Crippen molar-refractivity contribution in [1.29, 1.82) is 0 Å². The minimum atomic E-state index is -3.74. The summed E-state index contributed by atoms with van der Waals surface area (Å²) < 4.78 is 33.2. The lowest BCUT2D eigenvalue weighted by Crippen LogP contribution is -2.31. The van der Waals surface area contributed by atoms with E-state index in [0.717, 1.165) is 11.1 Å². The summed E-state index contributed by atoms with van der Waals surface area (Å²) in [5, 5.41) is 5.11. The van der Waals surface area contributed by atoms with Crippen LogP contribution in [0.4, 0.5) is 0 Å². The maximum Gasteiger partial charge on any atom is 0.238 e. The smallest absolute Gasteiger partial charge is 0.238 e. The molecule has 2 rings (SSSR count). The first-order valence-corrected chi connectivity index (χ1v) is 9.81. The highest BCUT2D eigenvalue weighted by Gasteiger charge is 2.19. The number of hydrogen-bond acceptors (Lipinski definition) is 5. The van der Waals surface area contributed by atoms with Crippen LogP contribution in [0.2, 0.25) is 0 Å². The lowest BCUT2D eigenvalue weighted by Gasteiger charge is -2.25. The Bertz CT molecular complexity index is 910. The molecule has 7 nitrogen and oxygen atoms in total. The predicted octanol–water partition coefficient (Wildman–Crippen LogP) is 2.11. The number of methoxy groups -OCH3 is 2. The van der Waals surface area contributed by atoms with Gasteiger partial charge in [-0.3, -0.25) is 4.79 Å². The molecule has 0 heterocycles. The van der Waals surface area contributed by atoms with Crippen molar-refractivity contribution in [2.45, 2.75) is 24.3 Å². The third-order valence-electron chi connectivity index (χ3n) is 4.47. The molecule has 0 bridgehead atoms. The van der Waals surface area contributed by atoms with Gasteiger partial charge in [-0.15, -0.1) is 0 Å². The molecule has 1 unspecified atom stereocenters. The van der Waals surface area contributed by atoms with Gasteiger partial charge in [-0.2, -0.15) is 0 Å². The second kappa shape index (κ2) is 8.41. The summed E-state index contributed by atoms with van der Waals surface area (Å²) in [6, 6.07) is 11.3. The average molecular weight is 392 g/mol. The first kappa shape index (κ1) is 20.7. The minimum Gasteiger partial charge on any atom is -0.493 e. The third kappa shape index (κ3) is 4.99. The number of primary sulfonamides is 1. The van der Waals surface area contributed by atoms with E-state index in [9.17, 15) is 13.2 Å². The van der Waals surface area contributed by atoms with Crippen LogP contribution in [0.15, 0.2) is 47.4 Å². The Morgan fingerprint density at radius 3 is 2.19 bits per heavy atom. The van der Waals surface area contributed by atoms with Crippen molar-refractivity contribution in [2.75, 3.05) is 21.3 Å². The van der Waals surface area contributed by atoms with Gasteiger partial charge >= 0.3 is 0 Å². The Morgan fingerprint density at radius 2 is 1.67 bits per heavy atom. The molecule has 1 atom stereocenters. The molecule has 2 aromatic rings. The van der Waals surface area contributed by atoms with Crippen LogP contribution < -0.4 is 14.6 Å². The van der Waals surface area contributed by atoms with Crippen LogP contribution in [0, 0.1) is 0 Å². The first-order valence-electron chi connectivity index (χ1n) is 8.26. The summed E-state index contributed by atoms with van der Waals surface area (Å²) in [6.07, 6.45) is 0.205. The van der Waals surface area contributed by atoms with Gasteiger partial charge in [-0.1, -0.05) is 18.2 Å². The summed E-state index contributed by atoms with van der Waals surface area (Å²) in [6.45, 7) is 1.87. The van der Waals surface area contributed by atoms with E-state index >= 15 is 0 Å². The molecule has 0 aliphatic carbocycles. The number of benzene rings is 2. The van der Waals surface area contributed by atoms with Crippen LogP contribution in [-0.4, -0.2) is 40.5 Å². The highest BCUT2D eigenvalue weighted by atomic mass is 32.2. The molecule has 27 heavy (non-hydrogen) atoms.